The van der Waals surface area contributed by atoms with Gasteiger partial charge in [-0.1, -0.05) is 49.4 Å². The molecule has 1 saturated heterocycles. The number of amides is 4. The molecule has 204 valence electrons. The van der Waals surface area contributed by atoms with Gasteiger partial charge in [0.1, 0.15) is 23.7 Å². The van der Waals surface area contributed by atoms with E-state index in [1.807, 2.05) is 22.6 Å². The van der Waals surface area contributed by atoms with Crippen LogP contribution in [0.15, 0.2) is 72.8 Å². The van der Waals surface area contributed by atoms with E-state index in [0.29, 0.717) is 14.7 Å². The van der Waals surface area contributed by atoms with Crippen molar-refractivity contribution in [1.29, 1.82) is 0 Å². The summed E-state index contributed by atoms with van der Waals surface area (Å²) >= 11 is 1.94. The first kappa shape index (κ1) is 28.7. The number of anilines is 1. The fourth-order valence-electron chi connectivity index (χ4n) is 4.20. The number of ether oxygens (including phenoxy) is 1. The Morgan fingerprint density at radius 1 is 1.13 bits per heavy atom. The highest BCUT2D eigenvalue weighted by Crippen LogP contribution is 2.35. The summed E-state index contributed by atoms with van der Waals surface area (Å²) in [5, 5.41) is 5.11. The van der Waals surface area contributed by atoms with Crippen molar-refractivity contribution in [3.63, 3.8) is 0 Å². The zero-order chi connectivity index (χ0) is 28.3. The average molecular weight is 667 g/mol. The van der Waals surface area contributed by atoms with Gasteiger partial charge in [0.05, 0.1) is 5.69 Å². The van der Waals surface area contributed by atoms with Crippen molar-refractivity contribution in [3.05, 3.63) is 93.3 Å². The van der Waals surface area contributed by atoms with E-state index >= 15 is 0 Å². The van der Waals surface area contributed by atoms with Crippen LogP contribution in [0.3, 0.4) is 0 Å². The second-order valence-corrected chi connectivity index (χ2v) is 11.7. The van der Waals surface area contributed by atoms with E-state index in [0.717, 1.165) is 4.90 Å². The highest BCUT2D eigenvalue weighted by atomic mass is 127. The Balaban J connectivity index is 1.62. The molecule has 3 atom stereocenters. The molecule has 1 fully saturated rings. The third-order valence-corrected chi connectivity index (χ3v) is 7.26. The lowest BCUT2D eigenvalue weighted by molar-refractivity contribution is -0.134. The standard InChI is InChI=1S/C26H24FIN3O7P/c1-15(16-5-3-2-4-6-16)23(24(32)29-21-12-9-18(28)13-20(21)27)31-25(33)22(30-26(31)34)17-7-10-19(11-8-17)38-14-39(35,36)37/h2-13,15,22-23H,14H2,1H3,(H,29,32)(H,30,34)(H2,35,36,37)/t15-,22-,23+/m1/s1. The third kappa shape index (κ3) is 6.82. The van der Waals surface area contributed by atoms with E-state index in [2.05, 4.69) is 10.6 Å². The third-order valence-electron chi connectivity index (χ3n) is 6.12. The van der Waals surface area contributed by atoms with E-state index in [-0.39, 0.29) is 11.4 Å². The molecule has 4 amide bonds. The van der Waals surface area contributed by atoms with Gasteiger partial charge in [0.15, 0.2) is 6.35 Å². The number of imide groups is 1. The van der Waals surface area contributed by atoms with Gasteiger partial charge in [-0.2, -0.15) is 0 Å². The Kier molecular flexibility index (Phi) is 8.70. The molecule has 3 aromatic carbocycles. The second-order valence-electron chi connectivity index (χ2n) is 8.86. The number of hydrogen-bond acceptors (Lipinski definition) is 5. The van der Waals surface area contributed by atoms with Crippen LogP contribution >= 0.6 is 30.2 Å². The van der Waals surface area contributed by atoms with Crippen molar-refractivity contribution < 1.29 is 37.9 Å². The van der Waals surface area contributed by atoms with E-state index in [1.165, 1.54) is 36.4 Å². The molecule has 0 radical (unpaired) electrons. The number of carbonyl (C=O) groups excluding carboxylic acids is 3. The van der Waals surface area contributed by atoms with Gasteiger partial charge in [0.2, 0.25) is 5.91 Å². The van der Waals surface area contributed by atoms with E-state index in [9.17, 15) is 23.3 Å². The summed E-state index contributed by atoms with van der Waals surface area (Å²) in [6.45, 7) is 1.70. The lowest BCUT2D eigenvalue weighted by Gasteiger charge is -2.30. The molecule has 3 aromatic rings. The number of nitrogens with zero attached hydrogens (tertiary/aromatic N) is 1. The number of carbonyl (C=O) groups is 3. The average Bonchev–Trinajstić information content (AvgIpc) is 3.18. The van der Waals surface area contributed by atoms with Gasteiger partial charge in [-0.05, 0) is 64.0 Å². The van der Waals surface area contributed by atoms with Crippen molar-refractivity contribution in [3.8, 4) is 5.75 Å². The van der Waals surface area contributed by atoms with Crippen LogP contribution in [0.4, 0.5) is 14.9 Å². The molecule has 4 rings (SSSR count). The summed E-state index contributed by atoms with van der Waals surface area (Å²) in [6, 6.07) is 15.7. The molecular weight excluding hydrogens is 643 g/mol. The zero-order valence-corrected chi connectivity index (χ0v) is 23.5. The quantitative estimate of drug-likeness (QED) is 0.151. The van der Waals surface area contributed by atoms with Gasteiger partial charge in [-0.25, -0.2) is 14.1 Å². The smallest absolute Gasteiger partial charge is 0.362 e. The fourth-order valence-corrected chi connectivity index (χ4v) is 4.97. The Morgan fingerprint density at radius 2 is 1.79 bits per heavy atom. The molecule has 4 N–H and O–H groups in total. The molecule has 0 spiro atoms. The SMILES string of the molecule is C[C@H](c1ccccc1)[C@@H](C(=O)Nc1ccc(I)cc1F)N1C(=O)N[C@H](c2ccc(OCP(=O)(O)O)cc2)C1=O. The molecule has 13 heteroatoms. The van der Waals surface area contributed by atoms with E-state index in [1.54, 1.807) is 43.3 Å². The Morgan fingerprint density at radius 3 is 2.41 bits per heavy atom. The Labute approximate surface area is 236 Å². The van der Waals surface area contributed by atoms with Crippen LogP contribution in [0.25, 0.3) is 0 Å². The van der Waals surface area contributed by atoms with Gasteiger partial charge >= 0.3 is 13.6 Å². The minimum Gasteiger partial charge on any atom is -0.481 e. The van der Waals surface area contributed by atoms with Gasteiger partial charge in [-0.15, -0.1) is 0 Å². The second kappa shape index (κ2) is 11.8. The Bertz CT molecular complexity index is 1440. The van der Waals surface area contributed by atoms with Crippen LogP contribution < -0.4 is 15.4 Å². The number of halogens is 2. The fraction of sp³-hybridized carbons (Fsp3) is 0.192. The summed E-state index contributed by atoms with van der Waals surface area (Å²) in [6.07, 6.45) is -0.811. The minimum atomic E-state index is -4.38. The van der Waals surface area contributed by atoms with Gasteiger partial charge in [-0.3, -0.25) is 14.2 Å². The first-order valence-corrected chi connectivity index (χ1v) is 14.5. The lowest BCUT2D eigenvalue weighted by atomic mass is 9.91. The first-order valence-electron chi connectivity index (χ1n) is 11.7. The van der Waals surface area contributed by atoms with Crippen LogP contribution in [0.2, 0.25) is 0 Å². The molecule has 0 unspecified atom stereocenters. The Hall–Kier alpha value is -3.32. The number of nitrogens with one attached hydrogen (secondary N) is 2. The molecule has 0 aromatic heterocycles. The van der Waals surface area contributed by atoms with Crippen LogP contribution in [0.1, 0.15) is 30.0 Å². The highest BCUT2D eigenvalue weighted by molar-refractivity contribution is 14.1. The van der Waals surface area contributed by atoms with Crippen molar-refractivity contribution >= 4 is 53.7 Å². The van der Waals surface area contributed by atoms with Crippen LogP contribution in [0, 0.1) is 9.39 Å². The maximum atomic E-state index is 14.5. The van der Waals surface area contributed by atoms with Crippen LogP contribution in [0.5, 0.6) is 5.75 Å². The topological polar surface area (TPSA) is 145 Å². The molecular formula is C26H24FIN3O7P. The predicted molar refractivity (Wildman–Crippen MR) is 148 cm³/mol. The summed E-state index contributed by atoms with van der Waals surface area (Å²) in [4.78, 5) is 59.0. The molecule has 39 heavy (non-hydrogen) atoms. The summed E-state index contributed by atoms with van der Waals surface area (Å²) in [5.41, 5.74) is 0.978. The largest absolute Gasteiger partial charge is 0.481 e. The number of benzene rings is 3. The van der Waals surface area contributed by atoms with Crippen molar-refractivity contribution in [2.75, 3.05) is 11.7 Å². The number of rotatable bonds is 9. The normalized spacial score (nSPS) is 16.9. The first-order chi connectivity index (χ1) is 18.4. The van der Waals surface area contributed by atoms with Gasteiger partial charge in [0, 0.05) is 9.49 Å². The minimum absolute atomic E-state index is 0.0832. The summed E-state index contributed by atoms with van der Waals surface area (Å²) in [5.74, 6) is -2.57. The molecule has 0 aliphatic carbocycles. The molecule has 0 saturated carbocycles. The van der Waals surface area contributed by atoms with Gasteiger partial charge in [0.25, 0.3) is 5.91 Å². The maximum absolute atomic E-state index is 14.5. The number of urea groups is 1. The zero-order valence-electron chi connectivity index (χ0n) is 20.5. The molecule has 1 heterocycles. The highest BCUT2D eigenvalue weighted by Gasteiger charge is 2.47. The molecule has 0 bridgehead atoms. The summed E-state index contributed by atoms with van der Waals surface area (Å²) in [7, 11) is -4.38. The molecule has 10 nitrogen and oxygen atoms in total. The maximum Gasteiger partial charge on any atom is 0.362 e. The van der Waals surface area contributed by atoms with Crippen molar-refractivity contribution in [2.45, 2.75) is 24.9 Å². The monoisotopic (exact) mass is 667 g/mol. The summed E-state index contributed by atoms with van der Waals surface area (Å²) < 4.78 is 31.3. The predicted octanol–water partition coefficient (Wildman–Crippen LogP) is 4.35. The lowest BCUT2D eigenvalue weighted by Crippen LogP contribution is -2.50. The van der Waals surface area contributed by atoms with Crippen LogP contribution in [-0.4, -0.2) is 44.9 Å². The van der Waals surface area contributed by atoms with E-state index < -0.39 is 55.6 Å². The van der Waals surface area contributed by atoms with Crippen molar-refractivity contribution in [2.24, 2.45) is 0 Å². The van der Waals surface area contributed by atoms with Gasteiger partial charge < -0.3 is 25.2 Å². The molecule has 1 aliphatic heterocycles. The molecule has 1 aliphatic rings. The van der Waals surface area contributed by atoms with Crippen molar-refractivity contribution in [1.82, 2.24) is 10.2 Å². The van der Waals surface area contributed by atoms with Crippen LogP contribution in [-0.2, 0) is 14.2 Å². The number of hydrogen-bond donors (Lipinski definition) is 4. The van der Waals surface area contributed by atoms with E-state index in [4.69, 9.17) is 14.5 Å².